The van der Waals surface area contributed by atoms with E-state index >= 15 is 0 Å². The van der Waals surface area contributed by atoms with Crippen LogP contribution < -0.4 is 10.6 Å². The maximum atomic E-state index is 12.4. The minimum Gasteiger partial charge on any atom is -0.346 e. The number of amides is 1. The highest BCUT2D eigenvalue weighted by molar-refractivity contribution is 5.92. The molecule has 1 amide bonds. The van der Waals surface area contributed by atoms with Crippen LogP contribution in [0.4, 0.5) is 0 Å². The van der Waals surface area contributed by atoms with Gasteiger partial charge in [0.2, 0.25) is 0 Å². The van der Waals surface area contributed by atoms with Gasteiger partial charge in [0, 0.05) is 31.0 Å². The van der Waals surface area contributed by atoms with Crippen LogP contribution in [0.15, 0.2) is 55.0 Å². The van der Waals surface area contributed by atoms with Gasteiger partial charge < -0.3 is 10.6 Å². The summed E-state index contributed by atoms with van der Waals surface area (Å²) >= 11 is 0. The number of hydrogen-bond donors (Lipinski definition) is 2. The van der Waals surface area contributed by atoms with E-state index in [1.165, 1.54) is 0 Å². The van der Waals surface area contributed by atoms with Gasteiger partial charge in [0.1, 0.15) is 5.69 Å². The number of nitrogens with one attached hydrogen (secondary N) is 2. The molecule has 0 spiro atoms. The number of nitrogens with zero attached hydrogens (tertiary/aromatic N) is 4. The molecule has 1 aromatic carbocycles. The van der Waals surface area contributed by atoms with Crippen molar-refractivity contribution in [2.24, 2.45) is 0 Å². The monoisotopic (exact) mass is 350 g/mol. The van der Waals surface area contributed by atoms with Crippen molar-refractivity contribution in [2.75, 3.05) is 13.1 Å². The van der Waals surface area contributed by atoms with Crippen molar-refractivity contribution in [3.63, 3.8) is 0 Å². The van der Waals surface area contributed by atoms with Crippen molar-refractivity contribution in [1.29, 1.82) is 0 Å². The van der Waals surface area contributed by atoms with Crippen molar-refractivity contribution in [3.8, 4) is 5.69 Å². The van der Waals surface area contributed by atoms with Crippen LogP contribution in [0.2, 0.25) is 0 Å². The molecule has 1 atom stereocenters. The molecule has 4 rings (SSSR count). The Kier molecular flexibility index (Phi) is 4.79. The highest BCUT2D eigenvalue weighted by atomic mass is 16.1. The van der Waals surface area contributed by atoms with Crippen LogP contribution >= 0.6 is 0 Å². The number of piperidine rings is 1. The lowest BCUT2D eigenvalue weighted by atomic mass is 10.1. The Hall–Kier alpha value is -2.93. The maximum absolute atomic E-state index is 12.4. The van der Waals surface area contributed by atoms with Crippen LogP contribution in [0, 0.1) is 0 Å². The quantitative estimate of drug-likeness (QED) is 0.737. The lowest BCUT2D eigenvalue weighted by Crippen LogP contribution is -2.32. The van der Waals surface area contributed by atoms with Crippen molar-refractivity contribution in [2.45, 2.75) is 25.4 Å². The molecular weight excluding hydrogens is 328 g/mol. The highest BCUT2D eigenvalue weighted by Crippen LogP contribution is 2.15. The van der Waals surface area contributed by atoms with E-state index in [0.29, 0.717) is 18.3 Å². The molecule has 7 heteroatoms. The third-order valence-electron chi connectivity index (χ3n) is 4.60. The van der Waals surface area contributed by atoms with Gasteiger partial charge in [0.05, 0.1) is 17.9 Å². The smallest absolute Gasteiger partial charge is 0.272 e. The summed E-state index contributed by atoms with van der Waals surface area (Å²) in [4.78, 5) is 12.4. The Labute approximate surface area is 152 Å². The van der Waals surface area contributed by atoms with Gasteiger partial charge >= 0.3 is 0 Å². The highest BCUT2D eigenvalue weighted by Gasteiger charge is 2.17. The molecule has 1 aliphatic rings. The number of carbonyl (C=O) groups is 1. The predicted octanol–water partition coefficient (Wildman–Crippen LogP) is 1.92. The van der Waals surface area contributed by atoms with Gasteiger partial charge in [-0.15, -0.1) is 0 Å². The molecule has 26 heavy (non-hydrogen) atoms. The normalized spacial score (nSPS) is 17.2. The summed E-state index contributed by atoms with van der Waals surface area (Å²) in [5.74, 6) is -0.167. The van der Waals surface area contributed by atoms with Crippen LogP contribution in [0.5, 0.6) is 0 Å². The molecule has 3 heterocycles. The van der Waals surface area contributed by atoms with Gasteiger partial charge in [-0.2, -0.15) is 10.2 Å². The minimum atomic E-state index is -0.167. The summed E-state index contributed by atoms with van der Waals surface area (Å²) in [5.41, 5.74) is 2.38. The predicted molar refractivity (Wildman–Crippen MR) is 98.1 cm³/mol. The molecule has 2 aromatic heterocycles. The first-order valence-electron chi connectivity index (χ1n) is 8.92. The first-order valence-corrected chi connectivity index (χ1v) is 8.92. The molecular formula is C19H22N6O. The van der Waals surface area contributed by atoms with Crippen molar-refractivity contribution >= 4 is 5.91 Å². The molecule has 2 N–H and O–H groups in total. The van der Waals surface area contributed by atoms with E-state index in [2.05, 4.69) is 20.8 Å². The summed E-state index contributed by atoms with van der Waals surface area (Å²) in [5, 5.41) is 15.1. The molecule has 1 fully saturated rings. The first-order chi connectivity index (χ1) is 12.8. The average molecular weight is 350 g/mol. The Morgan fingerprint density at radius 1 is 1.27 bits per heavy atom. The zero-order chi connectivity index (χ0) is 17.8. The van der Waals surface area contributed by atoms with E-state index in [1.54, 1.807) is 16.9 Å². The second kappa shape index (κ2) is 7.53. The van der Waals surface area contributed by atoms with Gasteiger partial charge in [-0.25, -0.2) is 4.68 Å². The van der Waals surface area contributed by atoms with Crippen LogP contribution in [-0.2, 0) is 6.54 Å². The van der Waals surface area contributed by atoms with Crippen LogP contribution in [0.25, 0.3) is 5.69 Å². The minimum absolute atomic E-state index is 0.167. The standard InChI is InChI=1S/C19H22N6O/c26-19(18-8-10-24(23-18)17-7-4-9-20-13-17)21-11-15-12-22-25(14-15)16-5-2-1-3-6-16/h1-3,5-6,8,10,12,14,17,20H,4,7,9,11,13H2,(H,21,26). The Balaban J connectivity index is 1.35. The maximum Gasteiger partial charge on any atom is 0.272 e. The van der Waals surface area contributed by atoms with Crippen molar-refractivity contribution in [3.05, 3.63) is 66.2 Å². The number of aromatic nitrogens is 4. The van der Waals surface area contributed by atoms with Gasteiger partial charge in [-0.05, 0) is 37.6 Å². The largest absolute Gasteiger partial charge is 0.346 e. The number of benzene rings is 1. The Morgan fingerprint density at radius 3 is 2.96 bits per heavy atom. The zero-order valence-corrected chi connectivity index (χ0v) is 14.5. The fraction of sp³-hybridized carbons (Fsp3) is 0.316. The molecule has 1 saturated heterocycles. The molecule has 0 aliphatic carbocycles. The lowest BCUT2D eigenvalue weighted by Gasteiger charge is -2.22. The Bertz CT molecular complexity index is 863. The van der Waals surface area contributed by atoms with Gasteiger partial charge in [0.15, 0.2) is 0 Å². The number of carbonyl (C=O) groups excluding carboxylic acids is 1. The summed E-state index contributed by atoms with van der Waals surface area (Å²) in [6, 6.07) is 12.0. The van der Waals surface area contributed by atoms with E-state index in [1.807, 2.05) is 47.4 Å². The van der Waals surface area contributed by atoms with E-state index in [9.17, 15) is 4.79 Å². The number of rotatable bonds is 5. The zero-order valence-electron chi connectivity index (χ0n) is 14.5. The van der Waals surface area contributed by atoms with E-state index < -0.39 is 0 Å². The SMILES string of the molecule is O=C(NCc1cnn(-c2ccccc2)c1)c1ccn(C2CCCNC2)n1. The number of para-hydroxylation sites is 1. The van der Waals surface area contributed by atoms with Crippen LogP contribution in [-0.4, -0.2) is 38.6 Å². The first kappa shape index (κ1) is 16.5. The second-order valence-corrected chi connectivity index (χ2v) is 6.49. The molecule has 0 saturated carbocycles. The van der Waals surface area contributed by atoms with Gasteiger partial charge in [-0.1, -0.05) is 18.2 Å². The Morgan fingerprint density at radius 2 is 2.15 bits per heavy atom. The van der Waals surface area contributed by atoms with Gasteiger partial charge in [0.25, 0.3) is 5.91 Å². The fourth-order valence-electron chi connectivity index (χ4n) is 3.17. The molecule has 1 aliphatic heterocycles. The van der Waals surface area contributed by atoms with E-state index in [0.717, 1.165) is 37.2 Å². The van der Waals surface area contributed by atoms with Crippen LogP contribution in [0.1, 0.15) is 34.9 Å². The van der Waals surface area contributed by atoms with Gasteiger partial charge in [-0.3, -0.25) is 9.48 Å². The number of hydrogen-bond acceptors (Lipinski definition) is 4. The molecule has 134 valence electrons. The third-order valence-corrected chi connectivity index (χ3v) is 4.60. The summed E-state index contributed by atoms with van der Waals surface area (Å²) < 4.78 is 3.70. The lowest BCUT2D eigenvalue weighted by molar-refractivity contribution is 0.0944. The molecule has 1 unspecified atom stereocenters. The second-order valence-electron chi connectivity index (χ2n) is 6.49. The van der Waals surface area contributed by atoms with Crippen molar-refractivity contribution < 1.29 is 4.79 Å². The fourth-order valence-corrected chi connectivity index (χ4v) is 3.17. The molecule has 3 aromatic rings. The molecule has 0 bridgehead atoms. The third kappa shape index (κ3) is 3.67. The summed E-state index contributed by atoms with van der Waals surface area (Å²) in [6.45, 7) is 2.38. The van der Waals surface area contributed by atoms with E-state index in [-0.39, 0.29) is 5.91 Å². The average Bonchev–Trinajstić information content (AvgIpc) is 3.37. The van der Waals surface area contributed by atoms with E-state index in [4.69, 9.17) is 0 Å². The molecule has 0 radical (unpaired) electrons. The summed E-state index contributed by atoms with van der Waals surface area (Å²) in [7, 11) is 0. The summed E-state index contributed by atoms with van der Waals surface area (Å²) in [6.07, 6.45) is 7.80. The molecule has 7 nitrogen and oxygen atoms in total. The topological polar surface area (TPSA) is 76.8 Å². The van der Waals surface area contributed by atoms with Crippen LogP contribution in [0.3, 0.4) is 0 Å². The van der Waals surface area contributed by atoms with Crippen molar-refractivity contribution in [1.82, 2.24) is 30.2 Å².